The minimum absolute atomic E-state index is 0.0451. The smallest absolute Gasteiger partial charge is 0.266 e. The molecule has 0 aliphatic carbocycles. The minimum Gasteiger partial charge on any atom is -0.368 e. The van der Waals surface area contributed by atoms with Crippen LogP contribution in [-0.4, -0.2) is 45.8 Å². The van der Waals surface area contributed by atoms with Gasteiger partial charge in [-0.25, -0.2) is 25.4 Å². The number of rotatable bonds is 6. The lowest BCUT2D eigenvalue weighted by Gasteiger charge is -2.16. The summed E-state index contributed by atoms with van der Waals surface area (Å²) in [5.41, 5.74) is 10.2. The van der Waals surface area contributed by atoms with Crippen molar-refractivity contribution in [2.75, 3.05) is 11.2 Å². The van der Waals surface area contributed by atoms with Gasteiger partial charge in [0.05, 0.1) is 6.33 Å². The van der Waals surface area contributed by atoms with E-state index in [2.05, 4.69) is 30.3 Å². The third-order valence-corrected chi connectivity index (χ3v) is 3.83. The average molecular weight is 371 g/mol. The van der Waals surface area contributed by atoms with E-state index in [0.717, 1.165) is 0 Å². The lowest BCUT2D eigenvalue weighted by atomic mass is 10.2. The number of hydrogen-bond donors (Lipinski definition) is 3. The van der Waals surface area contributed by atoms with Crippen LogP contribution in [0.3, 0.4) is 0 Å². The van der Waals surface area contributed by atoms with Crippen molar-refractivity contribution >= 4 is 29.0 Å². The van der Waals surface area contributed by atoms with E-state index in [1.807, 2.05) is 25.3 Å². The van der Waals surface area contributed by atoms with Crippen molar-refractivity contribution in [3.05, 3.63) is 18.7 Å². The van der Waals surface area contributed by atoms with E-state index in [1.165, 1.54) is 12.4 Å². The standard InChI is InChI=1S/C16H21N9O2/c1-4-5-11(26)25(27)23-16-21-12(10-6-18-15(17)19-7-10)13-14(22-16)24(8-20-13)9(2)3/h6-9,27H,4-5H2,1-3H3,(H2,17,18,19)(H,21,22,23). The predicted octanol–water partition coefficient (Wildman–Crippen LogP) is 1.79. The van der Waals surface area contributed by atoms with Gasteiger partial charge in [0.15, 0.2) is 5.65 Å². The van der Waals surface area contributed by atoms with Gasteiger partial charge in [0.25, 0.3) is 5.91 Å². The van der Waals surface area contributed by atoms with Crippen molar-refractivity contribution in [1.82, 2.24) is 34.7 Å². The molecule has 0 aliphatic heterocycles. The van der Waals surface area contributed by atoms with Gasteiger partial charge in [0, 0.05) is 30.4 Å². The second-order valence-corrected chi connectivity index (χ2v) is 6.21. The summed E-state index contributed by atoms with van der Waals surface area (Å²) in [4.78, 5) is 33.0. The third kappa shape index (κ3) is 3.77. The van der Waals surface area contributed by atoms with Gasteiger partial charge in [-0.3, -0.25) is 10.0 Å². The highest BCUT2D eigenvalue weighted by atomic mass is 16.6. The maximum absolute atomic E-state index is 11.8. The number of aromatic nitrogens is 6. The van der Waals surface area contributed by atoms with Crippen molar-refractivity contribution in [3.8, 4) is 11.3 Å². The van der Waals surface area contributed by atoms with Crippen LogP contribution in [0.25, 0.3) is 22.4 Å². The summed E-state index contributed by atoms with van der Waals surface area (Å²) in [6.07, 6.45) is 5.51. The Morgan fingerprint density at radius 2 is 2.00 bits per heavy atom. The fraction of sp³-hybridized carbons (Fsp3) is 0.375. The van der Waals surface area contributed by atoms with E-state index in [0.29, 0.717) is 34.0 Å². The Bertz CT molecular complexity index is 952. The number of nitrogens with two attached hydrogens (primary N) is 1. The molecule has 3 aromatic rings. The molecule has 0 saturated carbocycles. The van der Waals surface area contributed by atoms with Crippen LogP contribution >= 0.6 is 0 Å². The van der Waals surface area contributed by atoms with Gasteiger partial charge in [-0.15, -0.1) is 5.17 Å². The van der Waals surface area contributed by atoms with Gasteiger partial charge in [-0.1, -0.05) is 6.92 Å². The molecule has 0 aromatic carbocycles. The average Bonchev–Trinajstić information content (AvgIpc) is 3.06. The molecule has 0 fully saturated rings. The third-order valence-electron chi connectivity index (χ3n) is 3.83. The molecule has 0 aliphatic rings. The molecule has 0 bridgehead atoms. The number of imidazole rings is 1. The molecule has 4 N–H and O–H groups in total. The molecular formula is C16H21N9O2. The number of nitrogen functional groups attached to an aromatic ring is 1. The fourth-order valence-electron chi connectivity index (χ4n) is 2.48. The quantitative estimate of drug-likeness (QED) is 0.435. The summed E-state index contributed by atoms with van der Waals surface area (Å²) in [6.45, 7) is 5.83. The Hall–Kier alpha value is -3.34. The van der Waals surface area contributed by atoms with Crippen molar-refractivity contribution < 1.29 is 10.0 Å². The van der Waals surface area contributed by atoms with Crippen LogP contribution in [0, 0.1) is 0 Å². The molecule has 0 spiro atoms. The zero-order chi connectivity index (χ0) is 19.6. The molecule has 0 atom stereocenters. The number of nitrogens with one attached hydrogen (secondary N) is 1. The Kier molecular flexibility index (Phi) is 5.12. The van der Waals surface area contributed by atoms with Gasteiger partial charge in [-0.05, 0) is 20.3 Å². The number of amides is 1. The lowest BCUT2D eigenvalue weighted by Crippen LogP contribution is -2.33. The van der Waals surface area contributed by atoms with E-state index < -0.39 is 5.91 Å². The van der Waals surface area contributed by atoms with Crippen LogP contribution in [0.15, 0.2) is 18.7 Å². The van der Waals surface area contributed by atoms with E-state index >= 15 is 0 Å². The number of hydroxylamine groups is 1. The molecule has 11 nitrogen and oxygen atoms in total. The van der Waals surface area contributed by atoms with Crippen molar-refractivity contribution in [2.24, 2.45) is 0 Å². The zero-order valence-electron chi connectivity index (χ0n) is 15.3. The first kappa shape index (κ1) is 18.5. The van der Waals surface area contributed by atoms with E-state index in [9.17, 15) is 10.0 Å². The second kappa shape index (κ2) is 7.50. The molecule has 3 aromatic heterocycles. The van der Waals surface area contributed by atoms with Crippen molar-refractivity contribution in [1.29, 1.82) is 0 Å². The van der Waals surface area contributed by atoms with Gasteiger partial charge in [0.2, 0.25) is 11.9 Å². The lowest BCUT2D eigenvalue weighted by molar-refractivity contribution is -0.159. The first-order valence-electron chi connectivity index (χ1n) is 8.51. The number of fused-ring (bicyclic) bond motifs is 1. The highest BCUT2D eigenvalue weighted by Gasteiger charge is 2.19. The molecule has 3 heterocycles. The zero-order valence-corrected chi connectivity index (χ0v) is 15.3. The van der Waals surface area contributed by atoms with Gasteiger partial charge in [-0.2, -0.15) is 4.98 Å². The Balaban J connectivity index is 2.10. The molecule has 3 rings (SSSR count). The second-order valence-electron chi connectivity index (χ2n) is 6.21. The SMILES string of the molecule is CCCC(=O)N(O)Nc1nc(-c2cnc(N)nc2)c2ncn(C(C)C)c2n1. The summed E-state index contributed by atoms with van der Waals surface area (Å²) < 4.78 is 1.86. The van der Waals surface area contributed by atoms with Gasteiger partial charge in [0.1, 0.15) is 11.2 Å². The summed E-state index contributed by atoms with van der Waals surface area (Å²) in [5.74, 6) is -0.304. The number of carbonyl (C=O) groups is 1. The van der Waals surface area contributed by atoms with E-state index in [1.54, 1.807) is 6.33 Å². The van der Waals surface area contributed by atoms with Crippen molar-refractivity contribution in [3.63, 3.8) is 0 Å². The molecule has 0 saturated heterocycles. The summed E-state index contributed by atoms with van der Waals surface area (Å²) in [5, 5.41) is 10.3. The number of hydrazine groups is 1. The summed E-state index contributed by atoms with van der Waals surface area (Å²) in [6, 6.07) is 0.0974. The highest BCUT2D eigenvalue weighted by Crippen LogP contribution is 2.27. The largest absolute Gasteiger partial charge is 0.368 e. The topological polar surface area (TPSA) is 148 Å². The molecular weight excluding hydrogens is 350 g/mol. The molecule has 1 amide bonds. The first-order chi connectivity index (χ1) is 12.9. The highest BCUT2D eigenvalue weighted by molar-refractivity contribution is 5.88. The predicted molar refractivity (Wildman–Crippen MR) is 98.3 cm³/mol. The fourth-order valence-corrected chi connectivity index (χ4v) is 2.48. The van der Waals surface area contributed by atoms with Gasteiger partial charge < -0.3 is 10.3 Å². The monoisotopic (exact) mass is 371 g/mol. The molecule has 142 valence electrons. The van der Waals surface area contributed by atoms with Crippen LogP contribution in [0.2, 0.25) is 0 Å². The Morgan fingerprint density at radius 1 is 1.30 bits per heavy atom. The number of hydrogen-bond acceptors (Lipinski definition) is 9. The van der Waals surface area contributed by atoms with Gasteiger partial charge >= 0.3 is 0 Å². The number of carbonyl (C=O) groups excluding carboxylic acids is 1. The van der Waals surface area contributed by atoms with Crippen LogP contribution < -0.4 is 11.2 Å². The normalized spacial score (nSPS) is 11.1. The number of anilines is 2. The maximum atomic E-state index is 11.8. The minimum atomic E-state index is -0.490. The molecule has 0 radical (unpaired) electrons. The molecule has 27 heavy (non-hydrogen) atoms. The van der Waals surface area contributed by atoms with Crippen molar-refractivity contribution in [2.45, 2.75) is 39.7 Å². The molecule has 0 unspecified atom stereocenters. The van der Waals surface area contributed by atoms with Crippen LogP contribution in [-0.2, 0) is 4.79 Å². The van der Waals surface area contributed by atoms with Crippen LogP contribution in [0.4, 0.5) is 11.9 Å². The maximum Gasteiger partial charge on any atom is 0.266 e. The Labute approximate surface area is 155 Å². The molecule has 11 heteroatoms. The van der Waals surface area contributed by atoms with Crippen LogP contribution in [0.1, 0.15) is 39.7 Å². The van der Waals surface area contributed by atoms with E-state index in [-0.39, 0.29) is 24.4 Å². The van der Waals surface area contributed by atoms with E-state index in [4.69, 9.17) is 5.73 Å². The first-order valence-corrected chi connectivity index (χ1v) is 8.51. The summed E-state index contributed by atoms with van der Waals surface area (Å²) >= 11 is 0. The summed E-state index contributed by atoms with van der Waals surface area (Å²) in [7, 11) is 0. The Morgan fingerprint density at radius 3 is 2.63 bits per heavy atom. The number of nitrogens with zero attached hydrogens (tertiary/aromatic N) is 7. The van der Waals surface area contributed by atoms with Crippen LogP contribution in [0.5, 0.6) is 0 Å².